The molecule has 1 N–H and O–H groups in total. The van der Waals surface area contributed by atoms with Crippen LogP contribution in [0.15, 0.2) is 0 Å². The van der Waals surface area contributed by atoms with Crippen LogP contribution in [0.3, 0.4) is 0 Å². The van der Waals surface area contributed by atoms with Gasteiger partial charge < -0.3 is 10.2 Å². The molecular weight excluding hydrogens is 234 g/mol. The van der Waals surface area contributed by atoms with E-state index in [1.165, 1.54) is 39.0 Å². The van der Waals surface area contributed by atoms with Gasteiger partial charge in [-0.15, -0.1) is 0 Å². The van der Waals surface area contributed by atoms with E-state index in [0.717, 1.165) is 6.54 Å². The predicted molar refractivity (Wildman–Crippen MR) is 84.7 cm³/mol. The molecule has 0 aromatic carbocycles. The number of piperazine rings is 1. The molecule has 0 bridgehead atoms. The van der Waals surface area contributed by atoms with E-state index >= 15 is 0 Å². The Morgan fingerprint density at radius 1 is 1.32 bits per heavy atom. The van der Waals surface area contributed by atoms with Crippen LogP contribution < -0.4 is 5.32 Å². The van der Waals surface area contributed by atoms with Crippen molar-refractivity contribution in [2.24, 2.45) is 5.41 Å². The SMILES string of the molecule is CCCC(C)(CNC(C)C)CN1CCN(C)C(C)C1. The summed E-state index contributed by atoms with van der Waals surface area (Å²) in [4.78, 5) is 5.14. The number of nitrogens with zero attached hydrogens (tertiary/aromatic N) is 2. The highest BCUT2D eigenvalue weighted by atomic mass is 15.3. The summed E-state index contributed by atoms with van der Waals surface area (Å²) in [6.45, 7) is 17.6. The summed E-state index contributed by atoms with van der Waals surface area (Å²) in [5.41, 5.74) is 0.411. The first-order chi connectivity index (χ1) is 8.86. The van der Waals surface area contributed by atoms with Gasteiger partial charge in [0.05, 0.1) is 0 Å². The Balaban J connectivity index is 2.52. The van der Waals surface area contributed by atoms with Crippen LogP contribution in [0.5, 0.6) is 0 Å². The molecule has 1 aliphatic heterocycles. The van der Waals surface area contributed by atoms with Gasteiger partial charge in [-0.05, 0) is 25.8 Å². The highest BCUT2D eigenvalue weighted by Crippen LogP contribution is 2.25. The molecule has 3 nitrogen and oxygen atoms in total. The first-order valence-electron chi connectivity index (χ1n) is 8.02. The minimum absolute atomic E-state index is 0.411. The van der Waals surface area contributed by atoms with Crippen molar-refractivity contribution in [1.82, 2.24) is 15.1 Å². The van der Waals surface area contributed by atoms with Gasteiger partial charge in [0.15, 0.2) is 0 Å². The lowest BCUT2D eigenvalue weighted by molar-refractivity contribution is 0.0653. The molecule has 0 radical (unpaired) electrons. The molecule has 1 saturated heterocycles. The van der Waals surface area contributed by atoms with E-state index in [1.807, 2.05) is 0 Å². The van der Waals surface area contributed by atoms with Gasteiger partial charge in [0, 0.05) is 44.8 Å². The van der Waals surface area contributed by atoms with Crippen LogP contribution in [-0.2, 0) is 0 Å². The van der Waals surface area contributed by atoms with Crippen LogP contribution >= 0.6 is 0 Å². The summed E-state index contributed by atoms with van der Waals surface area (Å²) < 4.78 is 0. The second-order valence-corrected chi connectivity index (χ2v) is 7.16. The molecular formula is C16H35N3. The third kappa shape index (κ3) is 5.80. The quantitative estimate of drug-likeness (QED) is 0.766. The van der Waals surface area contributed by atoms with Crippen molar-refractivity contribution < 1.29 is 0 Å². The normalized spacial score (nSPS) is 25.7. The van der Waals surface area contributed by atoms with E-state index in [-0.39, 0.29) is 0 Å². The fourth-order valence-corrected chi connectivity index (χ4v) is 3.08. The van der Waals surface area contributed by atoms with Gasteiger partial charge in [-0.25, -0.2) is 0 Å². The second-order valence-electron chi connectivity index (χ2n) is 7.16. The lowest BCUT2D eigenvalue weighted by Crippen LogP contribution is -2.53. The third-order valence-electron chi connectivity index (χ3n) is 4.44. The number of nitrogens with one attached hydrogen (secondary N) is 1. The van der Waals surface area contributed by atoms with Crippen LogP contribution in [0.1, 0.15) is 47.5 Å². The van der Waals surface area contributed by atoms with Gasteiger partial charge in [-0.1, -0.05) is 34.1 Å². The lowest BCUT2D eigenvalue weighted by atomic mass is 9.84. The summed E-state index contributed by atoms with van der Waals surface area (Å²) in [5.74, 6) is 0. The van der Waals surface area contributed by atoms with Crippen molar-refractivity contribution in [3.05, 3.63) is 0 Å². The molecule has 1 aliphatic rings. The Morgan fingerprint density at radius 3 is 2.53 bits per heavy atom. The van der Waals surface area contributed by atoms with Crippen LogP contribution in [0, 0.1) is 5.41 Å². The molecule has 3 heteroatoms. The molecule has 2 atom stereocenters. The standard InChI is InChI=1S/C16H35N3/c1-7-8-16(5,12-17-14(2)3)13-19-10-9-18(6)15(4)11-19/h14-15,17H,7-13H2,1-6H3. The monoisotopic (exact) mass is 269 g/mol. The zero-order valence-electron chi connectivity index (χ0n) is 14.0. The third-order valence-corrected chi connectivity index (χ3v) is 4.44. The summed E-state index contributed by atoms with van der Waals surface area (Å²) in [6.07, 6.45) is 2.59. The molecule has 0 aromatic heterocycles. The smallest absolute Gasteiger partial charge is 0.0192 e. The molecule has 114 valence electrons. The molecule has 0 saturated carbocycles. The Morgan fingerprint density at radius 2 is 2.00 bits per heavy atom. The summed E-state index contributed by atoms with van der Waals surface area (Å²) >= 11 is 0. The molecule has 0 amide bonds. The number of hydrogen-bond acceptors (Lipinski definition) is 3. The summed E-state index contributed by atoms with van der Waals surface area (Å²) in [6, 6.07) is 1.28. The minimum atomic E-state index is 0.411. The van der Waals surface area contributed by atoms with Gasteiger partial charge in [0.25, 0.3) is 0 Å². The average molecular weight is 269 g/mol. The fourth-order valence-electron chi connectivity index (χ4n) is 3.08. The minimum Gasteiger partial charge on any atom is -0.314 e. The highest BCUT2D eigenvalue weighted by molar-refractivity contribution is 4.85. The van der Waals surface area contributed by atoms with Crippen LogP contribution in [0.4, 0.5) is 0 Å². The molecule has 0 aromatic rings. The molecule has 0 spiro atoms. The zero-order chi connectivity index (χ0) is 14.5. The van der Waals surface area contributed by atoms with Gasteiger partial charge in [0.2, 0.25) is 0 Å². The molecule has 2 unspecified atom stereocenters. The van der Waals surface area contributed by atoms with Crippen LogP contribution in [0.25, 0.3) is 0 Å². The Labute approximate surface area is 120 Å². The highest BCUT2D eigenvalue weighted by Gasteiger charge is 2.29. The van der Waals surface area contributed by atoms with E-state index in [0.29, 0.717) is 17.5 Å². The van der Waals surface area contributed by atoms with Crippen molar-refractivity contribution >= 4 is 0 Å². The van der Waals surface area contributed by atoms with Crippen molar-refractivity contribution in [2.75, 3.05) is 39.8 Å². The van der Waals surface area contributed by atoms with E-state index in [1.54, 1.807) is 0 Å². The van der Waals surface area contributed by atoms with Gasteiger partial charge >= 0.3 is 0 Å². The van der Waals surface area contributed by atoms with E-state index < -0.39 is 0 Å². The maximum Gasteiger partial charge on any atom is 0.0192 e. The Hall–Kier alpha value is -0.120. The largest absolute Gasteiger partial charge is 0.314 e. The first kappa shape index (κ1) is 16.9. The molecule has 1 fully saturated rings. The first-order valence-corrected chi connectivity index (χ1v) is 8.02. The van der Waals surface area contributed by atoms with Gasteiger partial charge in [-0.2, -0.15) is 0 Å². The van der Waals surface area contributed by atoms with Gasteiger partial charge in [-0.3, -0.25) is 4.90 Å². The van der Waals surface area contributed by atoms with E-state index in [4.69, 9.17) is 0 Å². The predicted octanol–water partition coefficient (Wildman–Crippen LogP) is 2.43. The average Bonchev–Trinajstić information content (AvgIpc) is 2.32. The Bertz CT molecular complexity index is 254. The van der Waals surface area contributed by atoms with E-state index in [2.05, 4.69) is 56.8 Å². The molecule has 0 aliphatic carbocycles. The summed E-state index contributed by atoms with van der Waals surface area (Å²) in [7, 11) is 2.24. The topological polar surface area (TPSA) is 18.5 Å². The molecule has 19 heavy (non-hydrogen) atoms. The summed E-state index contributed by atoms with van der Waals surface area (Å²) in [5, 5.41) is 3.64. The van der Waals surface area contributed by atoms with Gasteiger partial charge in [0.1, 0.15) is 0 Å². The number of rotatable bonds is 7. The van der Waals surface area contributed by atoms with E-state index in [9.17, 15) is 0 Å². The molecule has 1 heterocycles. The van der Waals surface area contributed by atoms with Crippen molar-refractivity contribution in [3.63, 3.8) is 0 Å². The molecule has 1 rings (SSSR count). The lowest BCUT2D eigenvalue weighted by Gasteiger charge is -2.42. The second kappa shape index (κ2) is 7.61. The zero-order valence-corrected chi connectivity index (χ0v) is 14.0. The number of likely N-dealkylation sites (N-methyl/N-ethyl adjacent to an activating group) is 1. The van der Waals surface area contributed by atoms with Crippen LogP contribution in [0.2, 0.25) is 0 Å². The maximum absolute atomic E-state index is 3.64. The van der Waals surface area contributed by atoms with Crippen LogP contribution in [-0.4, -0.2) is 61.7 Å². The van der Waals surface area contributed by atoms with Crippen molar-refractivity contribution in [1.29, 1.82) is 0 Å². The van der Waals surface area contributed by atoms with Crippen molar-refractivity contribution in [3.8, 4) is 0 Å². The Kier molecular flexibility index (Phi) is 6.78. The maximum atomic E-state index is 3.64. The number of hydrogen-bond donors (Lipinski definition) is 1. The van der Waals surface area contributed by atoms with Crippen molar-refractivity contribution in [2.45, 2.75) is 59.5 Å². The fraction of sp³-hybridized carbons (Fsp3) is 1.00.